The number of aromatic nitrogens is 4. The van der Waals surface area contributed by atoms with Gasteiger partial charge >= 0.3 is 0 Å². The van der Waals surface area contributed by atoms with Gasteiger partial charge in [-0.3, -0.25) is 0 Å². The third kappa shape index (κ3) is 4.72. The number of nitrogens with zero attached hydrogens (tertiary/aromatic N) is 4. The summed E-state index contributed by atoms with van der Waals surface area (Å²) < 4.78 is 2.33. The number of benzene rings is 7. The summed E-state index contributed by atoms with van der Waals surface area (Å²) in [5.74, 6) is 1.92. The second-order valence-electron chi connectivity index (χ2n) is 14.1. The fourth-order valence-corrected chi connectivity index (χ4v) is 8.22. The van der Waals surface area contributed by atoms with E-state index in [1.807, 2.05) is 18.2 Å². The summed E-state index contributed by atoms with van der Waals surface area (Å²) in [6.07, 6.45) is 0. The molecule has 1 aliphatic rings. The standard InChI is InChI=1S/C48H34N4/c1-48(2)41-23-9-6-18-37(41)40-22-13-21-36(44(40)48)31-26-28-33(29-27-31)46-49-45(32-14-4-3-5-15-32)50-47(51-46)34-16-12-17-35(30-34)52-42-24-10-7-19-38(42)39-20-8-11-25-43(39)52/h3-30H,1-2H3. The molecule has 0 N–H and O–H groups in total. The summed E-state index contributed by atoms with van der Waals surface area (Å²) in [5.41, 5.74) is 14.0. The van der Waals surface area contributed by atoms with E-state index in [1.165, 1.54) is 55.2 Å². The molecule has 0 radical (unpaired) electrons. The highest BCUT2D eigenvalue weighted by molar-refractivity contribution is 6.09. The molecule has 0 atom stereocenters. The molecular formula is C48H34N4. The van der Waals surface area contributed by atoms with Gasteiger partial charge in [-0.25, -0.2) is 15.0 Å². The molecule has 2 aromatic heterocycles. The summed E-state index contributed by atoms with van der Waals surface area (Å²) >= 11 is 0. The fourth-order valence-electron chi connectivity index (χ4n) is 8.22. The van der Waals surface area contributed by atoms with Crippen molar-refractivity contribution in [1.82, 2.24) is 19.5 Å². The van der Waals surface area contributed by atoms with Crippen molar-refractivity contribution in [3.8, 4) is 62.1 Å². The number of rotatable bonds is 5. The van der Waals surface area contributed by atoms with Crippen molar-refractivity contribution in [3.05, 3.63) is 181 Å². The summed E-state index contributed by atoms with van der Waals surface area (Å²) in [7, 11) is 0. The van der Waals surface area contributed by atoms with E-state index < -0.39 is 0 Å². The van der Waals surface area contributed by atoms with Gasteiger partial charge in [0.25, 0.3) is 0 Å². The Morgan fingerprint density at radius 3 is 1.62 bits per heavy atom. The Morgan fingerprint density at radius 2 is 0.904 bits per heavy atom. The highest BCUT2D eigenvalue weighted by Crippen LogP contribution is 2.52. The van der Waals surface area contributed by atoms with Crippen molar-refractivity contribution in [1.29, 1.82) is 0 Å². The molecule has 0 saturated heterocycles. The average molecular weight is 667 g/mol. The summed E-state index contributed by atoms with van der Waals surface area (Å²) in [6.45, 7) is 4.67. The maximum atomic E-state index is 5.13. The Morgan fingerprint density at radius 1 is 0.404 bits per heavy atom. The van der Waals surface area contributed by atoms with Gasteiger partial charge in [0.1, 0.15) is 0 Å². The molecule has 0 unspecified atom stereocenters. The van der Waals surface area contributed by atoms with Gasteiger partial charge in [-0.05, 0) is 57.6 Å². The van der Waals surface area contributed by atoms with Gasteiger partial charge in [0, 0.05) is 38.6 Å². The van der Waals surface area contributed by atoms with Crippen LogP contribution in [0.1, 0.15) is 25.0 Å². The predicted molar refractivity (Wildman–Crippen MR) is 213 cm³/mol. The number of fused-ring (bicyclic) bond motifs is 6. The maximum Gasteiger partial charge on any atom is 0.164 e. The molecule has 52 heavy (non-hydrogen) atoms. The van der Waals surface area contributed by atoms with Crippen LogP contribution in [-0.4, -0.2) is 19.5 Å². The lowest BCUT2D eigenvalue weighted by Crippen LogP contribution is -2.16. The Hall–Kier alpha value is -6.65. The zero-order valence-corrected chi connectivity index (χ0v) is 29.0. The lowest BCUT2D eigenvalue weighted by molar-refractivity contribution is 0.662. The van der Waals surface area contributed by atoms with Crippen molar-refractivity contribution in [3.63, 3.8) is 0 Å². The molecular weight excluding hydrogens is 633 g/mol. The van der Waals surface area contributed by atoms with Crippen LogP contribution in [0.4, 0.5) is 0 Å². The van der Waals surface area contributed by atoms with E-state index in [9.17, 15) is 0 Å². The van der Waals surface area contributed by atoms with E-state index >= 15 is 0 Å². The summed E-state index contributed by atoms with van der Waals surface area (Å²) in [4.78, 5) is 15.2. The van der Waals surface area contributed by atoms with Gasteiger partial charge in [0.2, 0.25) is 0 Å². The zero-order valence-electron chi connectivity index (χ0n) is 29.0. The van der Waals surface area contributed by atoms with Gasteiger partial charge in [0.15, 0.2) is 17.5 Å². The van der Waals surface area contributed by atoms with Gasteiger partial charge in [-0.15, -0.1) is 0 Å². The van der Waals surface area contributed by atoms with Gasteiger partial charge in [-0.1, -0.05) is 159 Å². The lowest BCUT2D eigenvalue weighted by atomic mass is 9.79. The first-order valence-electron chi connectivity index (χ1n) is 17.8. The van der Waals surface area contributed by atoms with Crippen LogP contribution in [0.3, 0.4) is 0 Å². The van der Waals surface area contributed by atoms with Crippen molar-refractivity contribution >= 4 is 21.8 Å². The average Bonchev–Trinajstić information content (AvgIpc) is 3.67. The van der Waals surface area contributed by atoms with Crippen LogP contribution in [0, 0.1) is 0 Å². The molecule has 0 spiro atoms. The molecule has 2 heterocycles. The fraction of sp³-hybridized carbons (Fsp3) is 0.0625. The Labute approximate surface area is 302 Å². The molecule has 4 heteroatoms. The third-order valence-electron chi connectivity index (χ3n) is 10.6. The van der Waals surface area contributed by atoms with Crippen LogP contribution in [-0.2, 0) is 5.41 Å². The quantitative estimate of drug-likeness (QED) is 0.184. The predicted octanol–water partition coefficient (Wildman–Crippen LogP) is 11.9. The number of hydrogen-bond donors (Lipinski definition) is 0. The highest BCUT2D eigenvalue weighted by atomic mass is 15.0. The molecule has 0 bridgehead atoms. The molecule has 0 aliphatic heterocycles. The first-order valence-corrected chi connectivity index (χ1v) is 17.8. The van der Waals surface area contributed by atoms with E-state index in [4.69, 9.17) is 15.0 Å². The largest absolute Gasteiger partial charge is 0.309 e. The first-order chi connectivity index (χ1) is 25.5. The van der Waals surface area contributed by atoms with Crippen LogP contribution < -0.4 is 0 Å². The van der Waals surface area contributed by atoms with Crippen LogP contribution in [0.2, 0.25) is 0 Å². The Kier molecular flexibility index (Phi) is 6.80. The minimum Gasteiger partial charge on any atom is -0.309 e. The number of hydrogen-bond acceptors (Lipinski definition) is 3. The normalized spacial score (nSPS) is 13.0. The Balaban J connectivity index is 1.09. The van der Waals surface area contributed by atoms with E-state index in [1.54, 1.807) is 0 Å². The molecule has 0 saturated carbocycles. The topological polar surface area (TPSA) is 43.6 Å². The Bertz CT molecular complexity index is 2760. The van der Waals surface area contributed by atoms with E-state index in [0.717, 1.165) is 22.4 Å². The van der Waals surface area contributed by atoms with Crippen LogP contribution in [0.5, 0.6) is 0 Å². The minimum absolute atomic E-state index is 0.0946. The van der Waals surface area contributed by atoms with E-state index in [2.05, 4.69) is 170 Å². The van der Waals surface area contributed by atoms with Crippen LogP contribution >= 0.6 is 0 Å². The van der Waals surface area contributed by atoms with E-state index in [-0.39, 0.29) is 5.41 Å². The van der Waals surface area contributed by atoms with E-state index in [0.29, 0.717) is 17.5 Å². The molecule has 246 valence electrons. The van der Waals surface area contributed by atoms with Crippen LogP contribution in [0.15, 0.2) is 170 Å². The van der Waals surface area contributed by atoms with Crippen LogP contribution in [0.25, 0.3) is 83.9 Å². The van der Waals surface area contributed by atoms with Crippen molar-refractivity contribution in [2.45, 2.75) is 19.3 Å². The van der Waals surface area contributed by atoms with Gasteiger partial charge in [0.05, 0.1) is 11.0 Å². The smallest absolute Gasteiger partial charge is 0.164 e. The molecule has 10 rings (SSSR count). The third-order valence-corrected chi connectivity index (χ3v) is 10.6. The van der Waals surface area contributed by atoms with Gasteiger partial charge < -0.3 is 4.57 Å². The minimum atomic E-state index is -0.0946. The van der Waals surface area contributed by atoms with Crippen molar-refractivity contribution < 1.29 is 0 Å². The number of para-hydroxylation sites is 2. The summed E-state index contributed by atoms with van der Waals surface area (Å²) in [6, 6.07) is 60.0. The molecule has 1 aliphatic carbocycles. The molecule has 0 fully saturated rings. The van der Waals surface area contributed by atoms with Crippen molar-refractivity contribution in [2.75, 3.05) is 0 Å². The second kappa shape index (κ2) is 11.7. The SMILES string of the molecule is CC1(C)c2ccccc2-c2cccc(-c3ccc(-c4nc(-c5ccccc5)nc(-c5cccc(-n6c7ccccc7c7ccccc76)c5)n4)cc3)c21. The molecule has 7 aromatic carbocycles. The second-order valence-corrected chi connectivity index (χ2v) is 14.1. The monoisotopic (exact) mass is 666 g/mol. The van der Waals surface area contributed by atoms with Gasteiger partial charge in [-0.2, -0.15) is 0 Å². The lowest BCUT2D eigenvalue weighted by Gasteiger charge is -2.24. The highest BCUT2D eigenvalue weighted by Gasteiger charge is 2.37. The first kappa shape index (κ1) is 30.2. The molecule has 9 aromatic rings. The molecule has 0 amide bonds. The maximum absolute atomic E-state index is 5.13. The zero-order chi connectivity index (χ0) is 34.8. The molecule has 4 nitrogen and oxygen atoms in total. The van der Waals surface area contributed by atoms with Crippen molar-refractivity contribution in [2.24, 2.45) is 0 Å². The summed E-state index contributed by atoms with van der Waals surface area (Å²) in [5, 5.41) is 2.46.